The number of nitrogens with zero attached hydrogens (tertiary/aromatic N) is 4. The number of rotatable bonds is 8. The van der Waals surface area contributed by atoms with Crippen LogP contribution in [0.25, 0.3) is 0 Å². The topological polar surface area (TPSA) is 66.0 Å². The molecule has 186 valence electrons. The van der Waals surface area contributed by atoms with Crippen molar-refractivity contribution in [2.24, 2.45) is 0 Å². The van der Waals surface area contributed by atoms with Crippen LogP contribution >= 0.6 is 0 Å². The second kappa shape index (κ2) is 10.5. The molecule has 0 aliphatic carbocycles. The van der Waals surface area contributed by atoms with Gasteiger partial charge in [-0.1, -0.05) is 48.5 Å². The summed E-state index contributed by atoms with van der Waals surface area (Å²) in [5.41, 5.74) is 2.40. The summed E-state index contributed by atoms with van der Waals surface area (Å²) in [7, 11) is 1.67. The lowest BCUT2D eigenvalue weighted by Gasteiger charge is -2.42. The van der Waals surface area contributed by atoms with Gasteiger partial charge in [-0.2, -0.15) is 0 Å². The summed E-state index contributed by atoms with van der Waals surface area (Å²) in [6.45, 7) is 3.06. The van der Waals surface area contributed by atoms with Gasteiger partial charge < -0.3 is 9.64 Å². The number of hydrogen-bond donors (Lipinski definition) is 0. The maximum absolute atomic E-state index is 13.9. The summed E-state index contributed by atoms with van der Waals surface area (Å²) >= 11 is 0. The molecule has 0 atom stereocenters. The van der Waals surface area contributed by atoms with E-state index in [0.717, 1.165) is 42.9 Å². The monoisotopic (exact) mass is 484 g/mol. The fourth-order valence-corrected chi connectivity index (χ4v) is 5.39. The van der Waals surface area contributed by atoms with Crippen LogP contribution in [0.1, 0.15) is 29.5 Å². The van der Waals surface area contributed by atoms with Gasteiger partial charge in [0.1, 0.15) is 11.3 Å². The Morgan fingerprint density at radius 3 is 2.36 bits per heavy atom. The molecule has 0 unspecified atom stereocenters. The third-order valence-corrected chi connectivity index (χ3v) is 7.38. The quantitative estimate of drug-likeness (QED) is 0.450. The molecular weight excluding hydrogens is 452 g/mol. The first kappa shape index (κ1) is 24.0. The average molecular weight is 485 g/mol. The van der Waals surface area contributed by atoms with Gasteiger partial charge >= 0.3 is 6.03 Å². The highest BCUT2D eigenvalue weighted by molar-refractivity contribution is 6.07. The highest BCUT2D eigenvalue weighted by atomic mass is 16.5. The van der Waals surface area contributed by atoms with Gasteiger partial charge in [0.15, 0.2) is 0 Å². The molecule has 3 aromatic rings. The first-order valence-corrected chi connectivity index (χ1v) is 12.5. The minimum atomic E-state index is -0.793. The van der Waals surface area contributed by atoms with Crippen molar-refractivity contribution in [3.63, 3.8) is 0 Å². The molecule has 36 heavy (non-hydrogen) atoms. The zero-order valence-corrected chi connectivity index (χ0v) is 20.7. The highest BCUT2D eigenvalue weighted by Gasteiger charge is 2.57. The number of imide groups is 1. The summed E-state index contributed by atoms with van der Waals surface area (Å²) < 4.78 is 5.37. The molecule has 0 N–H and O–H groups in total. The van der Waals surface area contributed by atoms with Gasteiger partial charge in [-0.25, -0.2) is 4.79 Å². The Labute approximate surface area is 212 Å². The first-order chi connectivity index (χ1) is 17.6. The van der Waals surface area contributed by atoms with Crippen LogP contribution < -0.4 is 4.74 Å². The van der Waals surface area contributed by atoms with Crippen molar-refractivity contribution in [3.05, 3.63) is 95.8 Å². The average Bonchev–Trinajstić information content (AvgIpc) is 3.11. The SMILES string of the molecule is COc1cccc(CN2CCC3(CC2)C(=O)N(Cc2cccnc2)C(=O)N3CCc2ccccc2)c1. The lowest BCUT2D eigenvalue weighted by Crippen LogP contribution is -2.56. The van der Waals surface area contributed by atoms with E-state index in [9.17, 15) is 9.59 Å². The number of piperidine rings is 1. The number of urea groups is 1. The minimum Gasteiger partial charge on any atom is -0.497 e. The van der Waals surface area contributed by atoms with Gasteiger partial charge in [0.05, 0.1) is 13.7 Å². The Morgan fingerprint density at radius 1 is 0.889 bits per heavy atom. The maximum Gasteiger partial charge on any atom is 0.328 e. The van der Waals surface area contributed by atoms with E-state index in [1.54, 1.807) is 19.5 Å². The Hall–Kier alpha value is -3.71. The van der Waals surface area contributed by atoms with E-state index in [-0.39, 0.29) is 18.5 Å². The Balaban J connectivity index is 1.34. The summed E-state index contributed by atoms with van der Waals surface area (Å²) in [6.07, 6.45) is 5.38. The van der Waals surface area contributed by atoms with Crippen molar-refractivity contribution in [3.8, 4) is 5.75 Å². The second-order valence-corrected chi connectivity index (χ2v) is 9.58. The van der Waals surface area contributed by atoms with Crippen LogP contribution in [-0.2, 0) is 24.3 Å². The number of methoxy groups -OCH3 is 1. The molecule has 7 heteroatoms. The van der Waals surface area contributed by atoms with Crippen molar-refractivity contribution < 1.29 is 14.3 Å². The van der Waals surface area contributed by atoms with Crippen LogP contribution in [0, 0.1) is 0 Å². The number of carbonyl (C=O) groups excluding carboxylic acids is 2. The number of pyridine rings is 1. The molecule has 2 fully saturated rings. The molecule has 0 saturated carbocycles. The van der Waals surface area contributed by atoms with Crippen molar-refractivity contribution in [1.82, 2.24) is 19.7 Å². The van der Waals surface area contributed by atoms with E-state index in [1.807, 2.05) is 47.4 Å². The normalized spacial score (nSPS) is 17.7. The summed E-state index contributed by atoms with van der Waals surface area (Å²) in [6, 6.07) is 21.8. The van der Waals surface area contributed by atoms with Gasteiger partial charge in [-0.05, 0) is 54.2 Å². The minimum absolute atomic E-state index is 0.0783. The van der Waals surface area contributed by atoms with E-state index in [2.05, 4.69) is 34.1 Å². The van der Waals surface area contributed by atoms with Crippen LogP contribution in [0.4, 0.5) is 4.79 Å². The molecule has 3 amide bonds. The lowest BCUT2D eigenvalue weighted by molar-refractivity contribution is -0.136. The zero-order chi connectivity index (χ0) is 25.0. The van der Waals surface area contributed by atoms with E-state index in [1.165, 1.54) is 10.5 Å². The van der Waals surface area contributed by atoms with Gasteiger partial charge in [-0.3, -0.25) is 19.6 Å². The van der Waals surface area contributed by atoms with Crippen molar-refractivity contribution >= 4 is 11.9 Å². The molecule has 0 radical (unpaired) electrons. The van der Waals surface area contributed by atoms with E-state index < -0.39 is 5.54 Å². The van der Waals surface area contributed by atoms with E-state index in [4.69, 9.17) is 4.74 Å². The highest BCUT2D eigenvalue weighted by Crippen LogP contribution is 2.38. The number of likely N-dealkylation sites (tertiary alicyclic amines) is 1. The largest absolute Gasteiger partial charge is 0.497 e. The van der Waals surface area contributed by atoms with Crippen molar-refractivity contribution in [1.29, 1.82) is 0 Å². The Morgan fingerprint density at radius 2 is 1.64 bits per heavy atom. The molecule has 2 saturated heterocycles. The van der Waals surface area contributed by atoms with Crippen LogP contribution in [0.5, 0.6) is 5.75 Å². The number of amides is 3. The molecule has 2 aromatic carbocycles. The Kier molecular flexibility index (Phi) is 7.00. The van der Waals surface area contributed by atoms with Crippen LogP contribution in [0.15, 0.2) is 79.1 Å². The first-order valence-electron chi connectivity index (χ1n) is 12.5. The maximum atomic E-state index is 13.9. The standard InChI is InChI=1S/C29H32N4O3/c1-36-26-11-5-9-24(19-26)21-31-17-13-29(14-18-31)27(34)32(22-25-10-6-15-30-20-25)28(35)33(29)16-12-23-7-3-2-4-8-23/h2-11,15,19-20H,12-14,16-18,21-22H2,1H3. The Bertz CT molecular complexity index is 1190. The number of aromatic nitrogens is 1. The molecule has 7 nitrogen and oxygen atoms in total. The van der Waals surface area contributed by atoms with Crippen LogP contribution in [-0.4, -0.2) is 63.9 Å². The summed E-state index contributed by atoms with van der Waals surface area (Å²) in [5, 5.41) is 0. The second-order valence-electron chi connectivity index (χ2n) is 9.58. The van der Waals surface area contributed by atoms with Crippen LogP contribution in [0.3, 0.4) is 0 Å². The third kappa shape index (κ3) is 4.84. The molecule has 1 aromatic heterocycles. The van der Waals surface area contributed by atoms with Gasteiger partial charge in [0.25, 0.3) is 5.91 Å². The predicted octanol–water partition coefficient (Wildman–Crippen LogP) is 4.13. The smallest absolute Gasteiger partial charge is 0.328 e. The molecule has 0 bridgehead atoms. The van der Waals surface area contributed by atoms with E-state index >= 15 is 0 Å². The molecule has 3 heterocycles. The molecular formula is C29H32N4O3. The zero-order valence-electron chi connectivity index (χ0n) is 20.7. The number of benzene rings is 2. The number of carbonyl (C=O) groups is 2. The number of ether oxygens (including phenoxy) is 1. The third-order valence-electron chi connectivity index (χ3n) is 7.38. The fourth-order valence-electron chi connectivity index (χ4n) is 5.39. The summed E-state index contributed by atoms with van der Waals surface area (Å²) in [5.74, 6) is 0.765. The van der Waals surface area contributed by atoms with Crippen molar-refractivity contribution in [2.75, 3.05) is 26.7 Å². The van der Waals surface area contributed by atoms with E-state index in [0.29, 0.717) is 19.4 Å². The van der Waals surface area contributed by atoms with Gasteiger partial charge in [0, 0.05) is 38.6 Å². The fraction of sp³-hybridized carbons (Fsp3) is 0.345. The lowest BCUT2D eigenvalue weighted by atomic mass is 9.85. The molecule has 1 spiro atoms. The van der Waals surface area contributed by atoms with Gasteiger partial charge in [-0.15, -0.1) is 0 Å². The predicted molar refractivity (Wildman–Crippen MR) is 137 cm³/mol. The molecule has 5 rings (SSSR count). The number of hydrogen-bond acceptors (Lipinski definition) is 5. The van der Waals surface area contributed by atoms with Crippen molar-refractivity contribution in [2.45, 2.75) is 37.9 Å². The molecule has 2 aliphatic rings. The van der Waals surface area contributed by atoms with Gasteiger partial charge in [0.2, 0.25) is 0 Å². The summed E-state index contributed by atoms with van der Waals surface area (Å²) in [4.78, 5) is 37.3. The molecule has 2 aliphatic heterocycles. The van der Waals surface area contributed by atoms with Crippen LogP contribution in [0.2, 0.25) is 0 Å².